The maximum atomic E-state index is 10.8. The average Bonchev–Trinajstić information content (AvgIpc) is 3.41. The van der Waals surface area contributed by atoms with Crippen LogP contribution in [0.5, 0.6) is 0 Å². The SMILES string of the molecule is CC(NCc1nc2ccccc2[nH]1)[C@H]1CC[C@]2(C)[C@@H]1CC[C@H]1[C@H]2CC[C@H]2C(C)(C)[C@@H](O)CC[C@]12C. The number of rotatable bonds is 4. The summed E-state index contributed by atoms with van der Waals surface area (Å²) in [6.07, 6.45) is 10.3. The van der Waals surface area contributed by atoms with Crippen molar-refractivity contribution in [1.82, 2.24) is 15.3 Å². The van der Waals surface area contributed by atoms with Gasteiger partial charge in [-0.1, -0.05) is 39.8 Å². The lowest BCUT2D eigenvalue weighted by molar-refractivity contribution is -0.184. The van der Waals surface area contributed by atoms with Crippen LogP contribution in [0.2, 0.25) is 0 Å². The molecule has 1 unspecified atom stereocenters. The number of benzene rings is 1. The Balaban J connectivity index is 1.17. The van der Waals surface area contributed by atoms with E-state index in [0.29, 0.717) is 22.8 Å². The number of para-hydroxylation sites is 2. The largest absolute Gasteiger partial charge is 0.393 e. The molecule has 4 saturated carbocycles. The molecule has 1 aromatic heterocycles. The molecule has 0 saturated heterocycles. The Labute approximate surface area is 212 Å². The van der Waals surface area contributed by atoms with Crippen LogP contribution in [0, 0.1) is 45.8 Å². The normalized spacial score (nSPS) is 43.4. The topological polar surface area (TPSA) is 60.9 Å². The fraction of sp³-hybridized carbons (Fsp3) is 0.774. The zero-order valence-electron chi connectivity index (χ0n) is 22.6. The highest BCUT2D eigenvalue weighted by Gasteiger charge is 2.63. The second kappa shape index (κ2) is 8.31. The molecular weight excluding hydrogens is 430 g/mol. The molecule has 4 aliphatic rings. The second-order valence-corrected chi connectivity index (χ2v) is 14.0. The van der Waals surface area contributed by atoms with Crippen LogP contribution < -0.4 is 5.32 Å². The number of aliphatic hydroxyl groups excluding tert-OH is 1. The van der Waals surface area contributed by atoms with Crippen LogP contribution >= 0.6 is 0 Å². The van der Waals surface area contributed by atoms with Crippen molar-refractivity contribution >= 4 is 11.0 Å². The molecule has 35 heavy (non-hydrogen) atoms. The van der Waals surface area contributed by atoms with Gasteiger partial charge in [0, 0.05) is 6.04 Å². The molecule has 0 radical (unpaired) electrons. The van der Waals surface area contributed by atoms with Crippen LogP contribution in [0.25, 0.3) is 11.0 Å². The summed E-state index contributed by atoms with van der Waals surface area (Å²) in [6, 6.07) is 8.84. The van der Waals surface area contributed by atoms with Gasteiger partial charge in [0.05, 0.1) is 23.7 Å². The molecule has 1 aromatic carbocycles. The van der Waals surface area contributed by atoms with Crippen molar-refractivity contribution in [2.24, 2.45) is 45.8 Å². The van der Waals surface area contributed by atoms with Crippen LogP contribution in [-0.2, 0) is 6.54 Å². The van der Waals surface area contributed by atoms with E-state index in [-0.39, 0.29) is 11.5 Å². The van der Waals surface area contributed by atoms with Gasteiger partial charge in [0.15, 0.2) is 0 Å². The highest BCUT2D eigenvalue weighted by molar-refractivity contribution is 5.74. The first-order valence-corrected chi connectivity index (χ1v) is 14.5. The maximum absolute atomic E-state index is 10.8. The molecule has 4 fully saturated rings. The number of aromatic nitrogens is 2. The minimum Gasteiger partial charge on any atom is -0.393 e. The molecule has 6 rings (SSSR count). The maximum Gasteiger partial charge on any atom is 0.121 e. The second-order valence-electron chi connectivity index (χ2n) is 14.0. The fourth-order valence-electron chi connectivity index (χ4n) is 10.4. The van der Waals surface area contributed by atoms with E-state index in [1.807, 2.05) is 0 Å². The number of hydrogen-bond donors (Lipinski definition) is 3. The van der Waals surface area contributed by atoms with Gasteiger partial charge in [-0.15, -0.1) is 0 Å². The Morgan fingerprint density at radius 1 is 0.943 bits per heavy atom. The van der Waals surface area contributed by atoms with Crippen molar-refractivity contribution in [1.29, 1.82) is 0 Å². The Morgan fingerprint density at radius 2 is 1.63 bits per heavy atom. The number of nitrogens with zero attached hydrogens (tertiary/aromatic N) is 1. The quantitative estimate of drug-likeness (QED) is 0.459. The van der Waals surface area contributed by atoms with Gasteiger partial charge in [-0.05, 0) is 116 Å². The zero-order valence-corrected chi connectivity index (χ0v) is 22.6. The molecule has 0 amide bonds. The van der Waals surface area contributed by atoms with Crippen LogP contribution in [0.4, 0.5) is 0 Å². The first-order chi connectivity index (χ1) is 16.6. The van der Waals surface area contributed by atoms with E-state index < -0.39 is 0 Å². The summed E-state index contributed by atoms with van der Waals surface area (Å²) in [6.45, 7) is 13.2. The van der Waals surface area contributed by atoms with Gasteiger partial charge in [-0.25, -0.2) is 4.98 Å². The highest BCUT2D eigenvalue weighted by atomic mass is 16.3. The summed E-state index contributed by atoms with van der Waals surface area (Å²) in [7, 11) is 0. The predicted octanol–water partition coefficient (Wildman–Crippen LogP) is 6.70. The Bertz CT molecular complexity index is 1040. The minimum atomic E-state index is -0.126. The first kappa shape index (κ1) is 24.0. The number of H-pyrrole nitrogens is 1. The molecule has 0 aliphatic heterocycles. The number of nitrogens with one attached hydrogen (secondary N) is 2. The molecule has 192 valence electrons. The number of aliphatic hydroxyl groups is 1. The fourth-order valence-corrected chi connectivity index (χ4v) is 10.4. The van der Waals surface area contributed by atoms with Gasteiger partial charge < -0.3 is 15.4 Å². The highest BCUT2D eigenvalue weighted by Crippen LogP contribution is 2.70. The lowest BCUT2D eigenvalue weighted by Crippen LogP contribution is -2.60. The molecule has 0 spiro atoms. The minimum absolute atomic E-state index is 0.0586. The number of hydrogen-bond acceptors (Lipinski definition) is 3. The summed E-state index contributed by atoms with van der Waals surface area (Å²) >= 11 is 0. The molecule has 4 aliphatic carbocycles. The number of imidazole rings is 1. The summed E-state index contributed by atoms with van der Waals surface area (Å²) in [5.74, 6) is 5.02. The molecule has 2 aromatic rings. The van der Waals surface area contributed by atoms with E-state index in [1.54, 1.807) is 0 Å². The average molecular weight is 478 g/mol. The molecule has 0 bridgehead atoms. The first-order valence-electron chi connectivity index (χ1n) is 14.5. The van der Waals surface area contributed by atoms with Gasteiger partial charge in [-0.3, -0.25) is 0 Å². The van der Waals surface area contributed by atoms with Crippen molar-refractivity contribution in [3.8, 4) is 0 Å². The summed E-state index contributed by atoms with van der Waals surface area (Å²) in [5.41, 5.74) is 3.14. The lowest BCUT2D eigenvalue weighted by atomic mass is 9.40. The number of fused-ring (bicyclic) bond motifs is 6. The standard InChI is InChI=1S/C31H47N3O/c1-19(32-18-28-33-24-8-6-7-9-25(24)34-28)20-14-16-30(4)21(20)10-11-23-22(30)12-13-26-29(2,3)27(35)15-17-31(23,26)5/h6-9,19-23,26-27,32,35H,10-18H2,1-5H3,(H,33,34)/t19?,20-,21-,22-,23+,26+,27+,30-,31-/m1/s1. The zero-order chi connectivity index (χ0) is 24.6. The molecule has 3 N–H and O–H groups in total. The molecule has 4 nitrogen and oxygen atoms in total. The summed E-state index contributed by atoms with van der Waals surface area (Å²) in [5, 5.41) is 14.7. The van der Waals surface area contributed by atoms with Gasteiger partial charge in [0.25, 0.3) is 0 Å². The third-order valence-electron chi connectivity index (χ3n) is 12.3. The third-order valence-corrected chi connectivity index (χ3v) is 12.3. The summed E-state index contributed by atoms with van der Waals surface area (Å²) < 4.78 is 0. The third kappa shape index (κ3) is 3.56. The van der Waals surface area contributed by atoms with Gasteiger partial charge in [0.2, 0.25) is 0 Å². The lowest BCUT2D eigenvalue weighted by Gasteiger charge is -2.65. The Kier molecular flexibility index (Phi) is 5.69. The molecule has 9 atom stereocenters. The summed E-state index contributed by atoms with van der Waals surface area (Å²) in [4.78, 5) is 8.28. The van der Waals surface area contributed by atoms with Crippen molar-refractivity contribution in [3.05, 3.63) is 30.1 Å². The van der Waals surface area contributed by atoms with Gasteiger partial charge in [-0.2, -0.15) is 0 Å². The van der Waals surface area contributed by atoms with Crippen LogP contribution in [0.1, 0.15) is 91.8 Å². The van der Waals surface area contributed by atoms with Gasteiger partial charge >= 0.3 is 0 Å². The van der Waals surface area contributed by atoms with E-state index >= 15 is 0 Å². The van der Waals surface area contributed by atoms with Crippen LogP contribution in [0.3, 0.4) is 0 Å². The number of aromatic amines is 1. The smallest absolute Gasteiger partial charge is 0.121 e. The molecule has 4 heteroatoms. The predicted molar refractivity (Wildman–Crippen MR) is 143 cm³/mol. The van der Waals surface area contributed by atoms with Crippen molar-refractivity contribution in [3.63, 3.8) is 0 Å². The molecule has 1 heterocycles. The van der Waals surface area contributed by atoms with E-state index in [0.717, 1.165) is 53.5 Å². The van der Waals surface area contributed by atoms with Crippen molar-refractivity contribution in [2.45, 2.75) is 105 Å². The molecular formula is C31H47N3O. The van der Waals surface area contributed by atoms with Crippen LogP contribution in [0.15, 0.2) is 24.3 Å². The van der Waals surface area contributed by atoms with Crippen LogP contribution in [-0.4, -0.2) is 27.2 Å². The Morgan fingerprint density at radius 3 is 2.43 bits per heavy atom. The van der Waals surface area contributed by atoms with E-state index in [1.165, 1.54) is 44.9 Å². The van der Waals surface area contributed by atoms with E-state index in [9.17, 15) is 5.11 Å². The monoisotopic (exact) mass is 477 g/mol. The van der Waals surface area contributed by atoms with Crippen molar-refractivity contribution in [2.75, 3.05) is 0 Å². The van der Waals surface area contributed by atoms with E-state index in [4.69, 9.17) is 4.98 Å². The Hall–Kier alpha value is -1.39. The van der Waals surface area contributed by atoms with E-state index in [2.05, 4.69) is 69.2 Å². The van der Waals surface area contributed by atoms with Crippen molar-refractivity contribution < 1.29 is 5.11 Å². The van der Waals surface area contributed by atoms with Gasteiger partial charge in [0.1, 0.15) is 5.82 Å².